The van der Waals surface area contributed by atoms with Crippen LogP contribution >= 0.6 is 0 Å². The molecular formula is C19H21FN2O2. The fourth-order valence-corrected chi connectivity index (χ4v) is 3.28. The fourth-order valence-electron chi connectivity index (χ4n) is 3.28. The van der Waals surface area contributed by atoms with Gasteiger partial charge in [0.25, 0.3) is 0 Å². The van der Waals surface area contributed by atoms with Crippen molar-refractivity contribution in [3.63, 3.8) is 0 Å². The number of carboxylic acid groups (broad SMARTS) is 1. The zero-order valence-electron chi connectivity index (χ0n) is 13.7. The summed E-state index contributed by atoms with van der Waals surface area (Å²) < 4.78 is 13.2. The molecule has 2 aromatic carbocycles. The summed E-state index contributed by atoms with van der Waals surface area (Å²) in [5.41, 5.74) is 2.23. The van der Waals surface area contributed by atoms with Gasteiger partial charge in [0.1, 0.15) is 5.82 Å². The molecule has 0 spiro atoms. The standard InChI is InChI=1S/C19H21FN2O2/c1-21-12-4-5-16(21)13-22(19(23)24)18-7-3-2-6-17(18)14-8-10-15(20)11-9-14/h2-3,6-11,16H,4-5,12-13H2,1H3,(H,23,24)/t16-/m0/s1. The van der Waals surface area contributed by atoms with Crippen LogP contribution in [-0.2, 0) is 0 Å². The van der Waals surface area contributed by atoms with E-state index in [9.17, 15) is 14.3 Å². The van der Waals surface area contributed by atoms with Crippen molar-refractivity contribution >= 4 is 11.8 Å². The zero-order valence-corrected chi connectivity index (χ0v) is 13.7. The number of amides is 1. The first-order valence-electron chi connectivity index (χ1n) is 8.12. The van der Waals surface area contributed by atoms with Gasteiger partial charge in [0.15, 0.2) is 0 Å². The summed E-state index contributed by atoms with van der Waals surface area (Å²) >= 11 is 0. The van der Waals surface area contributed by atoms with Gasteiger partial charge >= 0.3 is 6.09 Å². The van der Waals surface area contributed by atoms with Crippen molar-refractivity contribution in [1.29, 1.82) is 0 Å². The van der Waals surface area contributed by atoms with Gasteiger partial charge in [-0.15, -0.1) is 0 Å². The smallest absolute Gasteiger partial charge is 0.411 e. The van der Waals surface area contributed by atoms with E-state index in [-0.39, 0.29) is 11.9 Å². The minimum absolute atomic E-state index is 0.224. The normalized spacial score (nSPS) is 17.8. The van der Waals surface area contributed by atoms with Crippen LogP contribution in [0.3, 0.4) is 0 Å². The van der Waals surface area contributed by atoms with Gasteiger partial charge in [-0.25, -0.2) is 9.18 Å². The Labute approximate surface area is 141 Å². The Hall–Kier alpha value is -2.40. The van der Waals surface area contributed by atoms with E-state index >= 15 is 0 Å². The molecule has 126 valence electrons. The molecule has 0 radical (unpaired) electrons. The molecule has 1 amide bonds. The van der Waals surface area contributed by atoms with Crippen molar-refractivity contribution < 1.29 is 14.3 Å². The minimum atomic E-state index is -0.968. The van der Waals surface area contributed by atoms with E-state index in [1.165, 1.54) is 17.0 Å². The van der Waals surface area contributed by atoms with Gasteiger partial charge < -0.3 is 10.0 Å². The Kier molecular flexibility index (Phi) is 4.81. The maximum atomic E-state index is 13.2. The van der Waals surface area contributed by atoms with Crippen molar-refractivity contribution in [2.75, 3.05) is 25.0 Å². The van der Waals surface area contributed by atoms with Crippen LogP contribution in [0, 0.1) is 5.82 Å². The van der Waals surface area contributed by atoms with Crippen molar-refractivity contribution in [3.8, 4) is 11.1 Å². The number of benzene rings is 2. The highest BCUT2D eigenvalue weighted by Crippen LogP contribution is 2.32. The van der Waals surface area contributed by atoms with Crippen molar-refractivity contribution in [3.05, 3.63) is 54.3 Å². The molecule has 1 aliphatic rings. The number of para-hydroxylation sites is 1. The number of hydrogen-bond acceptors (Lipinski definition) is 2. The van der Waals surface area contributed by atoms with Crippen LogP contribution in [0.4, 0.5) is 14.9 Å². The average molecular weight is 328 g/mol. The number of nitrogens with zero attached hydrogens (tertiary/aromatic N) is 2. The second-order valence-corrected chi connectivity index (χ2v) is 6.19. The molecule has 3 rings (SSSR count). The maximum absolute atomic E-state index is 13.2. The molecule has 1 aliphatic heterocycles. The fraction of sp³-hybridized carbons (Fsp3) is 0.316. The topological polar surface area (TPSA) is 43.8 Å². The highest BCUT2D eigenvalue weighted by Gasteiger charge is 2.27. The van der Waals surface area contributed by atoms with Gasteiger partial charge in [0.2, 0.25) is 0 Å². The first kappa shape index (κ1) is 16.5. The van der Waals surface area contributed by atoms with Crippen LogP contribution < -0.4 is 4.90 Å². The molecule has 1 saturated heterocycles. The Morgan fingerprint density at radius 3 is 2.58 bits per heavy atom. The van der Waals surface area contributed by atoms with Crippen LogP contribution in [-0.4, -0.2) is 42.3 Å². The van der Waals surface area contributed by atoms with Crippen LogP contribution in [0.2, 0.25) is 0 Å². The summed E-state index contributed by atoms with van der Waals surface area (Å²) in [5.74, 6) is -0.307. The molecule has 1 heterocycles. The Bertz CT molecular complexity index is 718. The van der Waals surface area contributed by atoms with Crippen molar-refractivity contribution in [2.45, 2.75) is 18.9 Å². The Balaban J connectivity index is 1.96. The molecule has 4 nitrogen and oxygen atoms in total. The molecule has 1 N–H and O–H groups in total. The predicted molar refractivity (Wildman–Crippen MR) is 92.9 cm³/mol. The second kappa shape index (κ2) is 7.01. The van der Waals surface area contributed by atoms with Crippen molar-refractivity contribution in [1.82, 2.24) is 4.90 Å². The highest BCUT2D eigenvalue weighted by atomic mass is 19.1. The van der Waals surface area contributed by atoms with Crippen LogP contribution in [0.1, 0.15) is 12.8 Å². The van der Waals surface area contributed by atoms with E-state index < -0.39 is 6.09 Å². The number of likely N-dealkylation sites (N-methyl/N-ethyl adjacent to an activating group) is 1. The van der Waals surface area contributed by atoms with Crippen LogP contribution in [0.25, 0.3) is 11.1 Å². The van der Waals surface area contributed by atoms with E-state index in [4.69, 9.17) is 0 Å². The van der Waals surface area contributed by atoms with E-state index in [2.05, 4.69) is 4.90 Å². The lowest BCUT2D eigenvalue weighted by atomic mass is 10.0. The maximum Gasteiger partial charge on any atom is 0.411 e. The third kappa shape index (κ3) is 3.41. The lowest BCUT2D eigenvalue weighted by Crippen LogP contribution is -2.41. The molecule has 0 unspecified atom stereocenters. The monoisotopic (exact) mass is 328 g/mol. The lowest BCUT2D eigenvalue weighted by Gasteiger charge is -2.28. The van der Waals surface area contributed by atoms with Gasteiger partial charge in [0, 0.05) is 18.2 Å². The van der Waals surface area contributed by atoms with Crippen LogP contribution in [0.15, 0.2) is 48.5 Å². The largest absolute Gasteiger partial charge is 0.465 e. The van der Waals surface area contributed by atoms with Gasteiger partial charge in [0.05, 0.1) is 5.69 Å². The SMILES string of the molecule is CN1CCC[C@H]1CN(C(=O)O)c1ccccc1-c1ccc(F)cc1. The highest BCUT2D eigenvalue weighted by molar-refractivity contribution is 5.92. The molecule has 1 fully saturated rings. The number of anilines is 1. The number of halogens is 1. The summed E-state index contributed by atoms with van der Waals surface area (Å²) in [6, 6.07) is 13.7. The molecule has 5 heteroatoms. The summed E-state index contributed by atoms with van der Waals surface area (Å²) in [6.45, 7) is 1.43. The quantitative estimate of drug-likeness (QED) is 0.920. The minimum Gasteiger partial charge on any atom is -0.465 e. The molecule has 0 aliphatic carbocycles. The molecule has 1 atom stereocenters. The lowest BCUT2D eigenvalue weighted by molar-refractivity contribution is 0.198. The average Bonchev–Trinajstić information content (AvgIpc) is 2.98. The van der Waals surface area contributed by atoms with Gasteiger partial charge in [-0.3, -0.25) is 4.90 Å². The molecule has 0 saturated carbocycles. The number of rotatable bonds is 4. The number of likely N-dealkylation sites (tertiary alicyclic amines) is 1. The summed E-state index contributed by atoms with van der Waals surface area (Å²) in [4.78, 5) is 15.5. The van der Waals surface area contributed by atoms with Gasteiger partial charge in [-0.05, 0) is 50.2 Å². The van der Waals surface area contributed by atoms with Crippen molar-refractivity contribution in [2.24, 2.45) is 0 Å². The zero-order chi connectivity index (χ0) is 17.1. The summed E-state index contributed by atoms with van der Waals surface area (Å²) in [5, 5.41) is 9.74. The molecule has 0 bridgehead atoms. The molecule has 24 heavy (non-hydrogen) atoms. The third-order valence-corrected chi connectivity index (χ3v) is 4.65. The predicted octanol–water partition coefficient (Wildman–Crippen LogP) is 4.07. The Morgan fingerprint density at radius 2 is 1.96 bits per heavy atom. The first-order chi connectivity index (χ1) is 11.6. The number of hydrogen-bond donors (Lipinski definition) is 1. The second-order valence-electron chi connectivity index (χ2n) is 6.19. The molecular weight excluding hydrogens is 307 g/mol. The third-order valence-electron chi connectivity index (χ3n) is 4.65. The Morgan fingerprint density at radius 1 is 1.25 bits per heavy atom. The first-order valence-corrected chi connectivity index (χ1v) is 8.12. The van der Waals surface area contributed by atoms with Gasteiger partial charge in [-0.2, -0.15) is 0 Å². The summed E-state index contributed by atoms with van der Waals surface area (Å²) in [6.07, 6.45) is 1.12. The molecule has 2 aromatic rings. The van der Waals surface area contributed by atoms with E-state index in [0.29, 0.717) is 12.2 Å². The van der Waals surface area contributed by atoms with E-state index in [0.717, 1.165) is 30.5 Å². The van der Waals surface area contributed by atoms with Gasteiger partial charge in [-0.1, -0.05) is 30.3 Å². The number of carbonyl (C=O) groups is 1. The van der Waals surface area contributed by atoms with Crippen LogP contribution in [0.5, 0.6) is 0 Å². The van der Waals surface area contributed by atoms with E-state index in [1.54, 1.807) is 12.1 Å². The summed E-state index contributed by atoms with van der Waals surface area (Å²) in [7, 11) is 2.03. The van der Waals surface area contributed by atoms with E-state index in [1.807, 2.05) is 31.3 Å². The molecule has 0 aromatic heterocycles.